The average molecular weight is 241 g/mol. The van der Waals surface area contributed by atoms with Crippen LogP contribution in [0.2, 0.25) is 0 Å². The fraction of sp³-hybridized carbons (Fsp3) is 0.833. The Hall–Kier alpha value is -1.10. The van der Waals surface area contributed by atoms with E-state index in [1.54, 1.807) is 0 Å². The molecule has 5 nitrogen and oxygen atoms in total. The largest absolute Gasteiger partial charge is 0.355 e. The van der Waals surface area contributed by atoms with E-state index in [0.29, 0.717) is 6.54 Å². The molecule has 1 saturated heterocycles. The molecule has 1 aliphatic heterocycles. The maximum atomic E-state index is 11.9. The van der Waals surface area contributed by atoms with E-state index in [9.17, 15) is 9.59 Å². The van der Waals surface area contributed by atoms with Crippen LogP contribution < -0.4 is 16.0 Å². The van der Waals surface area contributed by atoms with Crippen molar-refractivity contribution in [1.29, 1.82) is 0 Å². The number of nitrogens with one attached hydrogen (secondary N) is 3. The first-order valence-electron chi connectivity index (χ1n) is 6.38. The highest BCUT2D eigenvalue weighted by Crippen LogP contribution is 2.18. The fourth-order valence-electron chi connectivity index (χ4n) is 1.93. The van der Waals surface area contributed by atoms with Gasteiger partial charge in [0, 0.05) is 6.54 Å². The highest BCUT2D eigenvalue weighted by molar-refractivity contribution is 5.90. The summed E-state index contributed by atoms with van der Waals surface area (Å²) < 4.78 is 0. The van der Waals surface area contributed by atoms with Crippen molar-refractivity contribution >= 4 is 11.8 Å². The molecular formula is C12H23N3O2. The van der Waals surface area contributed by atoms with Crippen molar-refractivity contribution in [3.8, 4) is 0 Å². The number of hydrogen-bond acceptors (Lipinski definition) is 3. The molecule has 1 rings (SSSR count). The van der Waals surface area contributed by atoms with Crippen LogP contribution in [0.25, 0.3) is 0 Å². The summed E-state index contributed by atoms with van der Waals surface area (Å²) in [7, 11) is 0. The summed E-state index contributed by atoms with van der Waals surface area (Å²) in [5, 5.41) is 8.64. The highest BCUT2D eigenvalue weighted by atomic mass is 16.2. The Morgan fingerprint density at radius 3 is 2.65 bits per heavy atom. The molecule has 5 heteroatoms. The SMILES string of the molecule is CCCNC(=O)CNC(=O)C1(C)CCCCN1. The second-order valence-electron chi connectivity index (χ2n) is 4.75. The zero-order valence-electron chi connectivity index (χ0n) is 10.8. The predicted octanol–water partition coefficient (Wildman–Crippen LogP) is 0.161. The second-order valence-corrected chi connectivity index (χ2v) is 4.75. The molecular weight excluding hydrogens is 218 g/mol. The van der Waals surface area contributed by atoms with Gasteiger partial charge in [-0.05, 0) is 39.2 Å². The summed E-state index contributed by atoms with van der Waals surface area (Å²) in [5.74, 6) is -0.205. The minimum Gasteiger partial charge on any atom is -0.355 e. The van der Waals surface area contributed by atoms with E-state index in [2.05, 4.69) is 16.0 Å². The normalized spacial score (nSPS) is 24.1. The molecule has 98 valence electrons. The molecule has 1 unspecified atom stereocenters. The van der Waals surface area contributed by atoms with Gasteiger partial charge < -0.3 is 16.0 Å². The summed E-state index contributed by atoms with van der Waals surface area (Å²) in [6.45, 7) is 5.48. The number of carbonyl (C=O) groups is 2. The number of piperidine rings is 1. The first-order valence-corrected chi connectivity index (χ1v) is 6.38. The minimum absolute atomic E-state index is 0.0656. The molecule has 0 saturated carbocycles. The smallest absolute Gasteiger partial charge is 0.240 e. The molecule has 3 N–H and O–H groups in total. The van der Waals surface area contributed by atoms with Crippen LogP contribution in [0.3, 0.4) is 0 Å². The van der Waals surface area contributed by atoms with E-state index < -0.39 is 5.54 Å². The Labute approximate surface area is 103 Å². The van der Waals surface area contributed by atoms with E-state index in [1.807, 2.05) is 13.8 Å². The van der Waals surface area contributed by atoms with Crippen LogP contribution in [0, 0.1) is 0 Å². The van der Waals surface area contributed by atoms with Crippen LogP contribution in [0.1, 0.15) is 39.5 Å². The Morgan fingerprint density at radius 2 is 2.06 bits per heavy atom. The van der Waals surface area contributed by atoms with E-state index in [0.717, 1.165) is 32.2 Å². The van der Waals surface area contributed by atoms with Crippen LogP contribution in [0.5, 0.6) is 0 Å². The molecule has 0 aromatic carbocycles. The fourth-order valence-corrected chi connectivity index (χ4v) is 1.93. The van der Waals surface area contributed by atoms with Crippen LogP contribution in [-0.2, 0) is 9.59 Å². The maximum absolute atomic E-state index is 11.9. The zero-order valence-corrected chi connectivity index (χ0v) is 10.8. The van der Waals surface area contributed by atoms with Crippen LogP contribution in [-0.4, -0.2) is 37.0 Å². The lowest BCUT2D eigenvalue weighted by molar-refractivity contribution is -0.130. The molecule has 0 aromatic rings. The molecule has 1 aliphatic rings. The van der Waals surface area contributed by atoms with Crippen molar-refractivity contribution in [2.45, 2.75) is 45.1 Å². The molecule has 0 radical (unpaired) electrons. The lowest BCUT2D eigenvalue weighted by atomic mass is 9.90. The van der Waals surface area contributed by atoms with Crippen molar-refractivity contribution in [1.82, 2.24) is 16.0 Å². The molecule has 2 amide bonds. The Bertz CT molecular complexity index is 273. The quantitative estimate of drug-likeness (QED) is 0.642. The van der Waals surface area contributed by atoms with Crippen molar-refractivity contribution < 1.29 is 9.59 Å². The third-order valence-corrected chi connectivity index (χ3v) is 3.10. The summed E-state index contributed by atoms with van der Waals surface area (Å²) in [6.07, 6.45) is 3.90. The predicted molar refractivity (Wildman–Crippen MR) is 66.6 cm³/mol. The Morgan fingerprint density at radius 1 is 1.29 bits per heavy atom. The Kier molecular flexibility index (Phi) is 5.41. The van der Waals surface area contributed by atoms with E-state index in [4.69, 9.17) is 0 Å². The molecule has 1 atom stereocenters. The van der Waals surface area contributed by atoms with Gasteiger partial charge in [-0.1, -0.05) is 6.92 Å². The number of carbonyl (C=O) groups excluding carboxylic acids is 2. The third-order valence-electron chi connectivity index (χ3n) is 3.10. The van der Waals surface area contributed by atoms with Gasteiger partial charge in [-0.25, -0.2) is 0 Å². The lowest BCUT2D eigenvalue weighted by Gasteiger charge is -2.33. The van der Waals surface area contributed by atoms with Gasteiger partial charge in [-0.2, -0.15) is 0 Å². The highest BCUT2D eigenvalue weighted by Gasteiger charge is 2.34. The maximum Gasteiger partial charge on any atom is 0.240 e. The second kappa shape index (κ2) is 6.59. The van der Waals surface area contributed by atoms with Crippen molar-refractivity contribution in [2.75, 3.05) is 19.6 Å². The monoisotopic (exact) mass is 241 g/mol. The number of hydrogen-bond donors (Lipinski definition) is 3. The molecule has 1 heterocycles. The van der Waals surface area contributed by atoms with Crippen LogP contribution in [0.4, 0.5) is 0 Å². The average Bonchev–Trinajstić information content (AvgIpc) is 2.34. The zero-order chi connectivity index (χ0) is 12.7. The first kappa shape index (κ1) is 14.0. The summed E-state index contributed by atoms with van der Waals surface area (Å²) in [5.41, 5.74) is -0.511. The van der Waals surface area contributed by atoms with Crippen molar-refractivity contribution in [3.63, 3.8) is 0 Å². The van der Waals surface area contributed by atoms with Crippen molar-refractivity contribution in [2.24, 2.45) is 0 Å². The van der Waals surface area contributed by atoms with Gasteiger partial charge in [0.25, 0.3) is 0 Å². The molecule has 0 aromatic heterocycles. The molecule has 0 bridgehead atoms. The van der Waals surface area contributed by atoms with Gasteiger partial charge >= 0.3 is 0 Å². The topological polar surface area (TPSA) is 70.2 Å². The number of rotatable bonds is 5. The number of amides is 2. The van der Waals surface area contributed by atoms with Gasteiger partial charge in [-0.15, -0.1) is 0 Å². The summed E-state index contributed by atoms with van der Waals surface area (Å²) >= 11 is 0. The molecule has 0 aliphatic carbocycles. The first-order chi connectivity index (χ1) is 8.08. The van der Waals surface area contributed by atoms with Gasteiger partial charge in [0.15, 0.2) is 0 Å². The molecule has 1 fully saturated rings. The minimum atomic E-state index is -0.511. The van der Waals surface area contributed by atoms with E-state index in [-0.39, 0.29) is 18.4 Å². The van der Waals surface area contributed by atoms with Crippen molar-refractivity contribution in [3.05, 3.63) is 0 Å². The van der Waals surface area contributed by atoms with Crippen LogP contribution in [0.15, 0.2) is 0 Å². The summed E-state index contributed by atoms with van der Waals surface area (Å²) in [6, 6.07) is 0. The molecule has 17 heavy (non-hydrogen) atoms. The standard InChI is InChI=1S/C12H23N3O2/c1-3-7-13-10(16)9-14-11(17)12(2)6-4-5-8-15-12/h15H,3-9H2,1-2H3,(H,13,16)(H,14,17). The van der Waals surface area contributed by atoms with E-state index >= 15 is 0 Å². The van der Waals surface area contributed by atoms with Crippen LogP contribution >= 0.6 is 0 Å². The molecule has 0 spiro atoms. The lowest BCUT2D eigenvalue weighted by Crippen LogP contribution is -2.58. The van der Waals surface area contributed by atoms with Gasteiger partial charge in [0.1, 0.15) is 0 Å². The van der Waals surface area contributed by atoms with E-state index in [1.165, 1.54) is 0 Å². The van der Waals surface area contributed by atoms with Gasteiger partial charge in [-0.3, -0.25) is 9.59 Å². The summed E-state index contributed by atoms with van der Waals surface area (Å²) in [4.78, 5) is 23.3. The Balaban J connectivity index is 2.30. The van der Waals surface area contributed by atoms with Gasteiger partial charge in [0.05, 0.1) is 12.1 Å². The third kappa shape index (κ3) is 4.34. The van der Waals surface area contributed by atoms with Gasteiger partial charge in [0.2, 0.25) is 11.8 Å².